The molecule has 0 heterocycles. The molecule has 0 radical (unpaired) electrons. The van der Waals surface area contributed by atoms with E-state index >= 15 is 0 Å². The third-order valence-electron chi connectivity index (χ3n) is 5.91. The Hall–Kier alpha value is -2.18. The molecule has 1 saturated carbocycles. The predicted molar refractivity (Wildman–Crippen MR) is 111 cm³/mol. The van der Waals surface area contributed by atoms with E-state index in [4.69, 9.17) is 23.4 Å². The molecule has 0 aliphatic heterocycles. The van der Waals surface area contributed by atoms with E-state index in [-0.39, 0.29) is 11.5 Å². The van der Waals surface area contributed by atoms with Gasteiger partial charge in [-0.3, -0.25) is 4.18 Å². The van der Waals surface area contributed by atoms with Gasteiger partial charge in [-0.1, -0.05) is 30.7 Å². The average molecular weight is 455 g/mol. The molecule has 162 valence electrons. The Morgan fingerprint density at radius 3 is 2.43 bits per heavy atom. The van der Waals surface area contributed by atoms with E-state index in [0.717, 1.165) is 26.8 Å². The molecule has 2 atom stereocenters. The molecule has 30 heavy (non-hydrogen) atoms. The molecule has 0 spiro atoms. The molecule has 11 heteroatoms. The molecule has 0 unspecified atom stereocenters. The third kappa shape index (κ3) is 3.67. The first-order valence-corrected chi connectivity index (χ1v) is 12.1. The van der Waals surface area contributed by atoms with Gasteiger partial charge in [0, 0.05) is 5.41 Å². The van der Waals surface area contributed by atoms with Crippen LogP contribution in [0.5, 0.6) is 11.5 Å². The topological polar surface area (TPSA) is 148 Å². The molecule has 2 aliphatic rings. The van der Waals surface area contributed by atoms with Crippen LogP contribution in [0, 0.1) is 5.41 Å². The Labute approximate surface area is 174 Å². The smallest absolute Gasteiger partial charge is 0.380 e. The standard InChI is InChI=1S/C19H22N2O7S2/c1-19-8-7-12-13(15(19)5-6-18(19)28-30(21,24)25)4-3-11-9-17(27-29(20,22)23)16(26-2)10-14(11)12/h3-4,7,9-10,18H,5-6,8H2,1-2H3,(H2,20,22,23)(H2,21,24,25)/t18-,19-/m0/s1. The molecule has 9 nitrogen and oxygen atoms in total. The van der Waals surface area contributed by atoms with E-state index in [1.807, 2.05) is 25.1 Å². The molecule has 1 fully saturated rings. The highest BCUT2D eigenvalue weighted by atomic mass is 32.2. The number of rotatable bonds is 5. The zero-order valence-corrected chi connectivity index (χ0v) is 18.0. The lowest BCUT2D eigenvalue weighted by molar-refractivity contribution is 0.126. The molecular formula is C19H22N2O7S2. The molecule has 2 aromatic rings. The Morgan fingerprint density at radius 1 is 1.07 bits per heavy atom. The van der Waals surface area contributed by atoms with Gasteiger partial charge in [0.05, 0.1) is 13.2 Å². The maximum absolute atomic E-state index is 11.5. The zero-order chi connectivity index (χ0) is 21.9. The van der Waals surface area contributed by atoms with Gasteiger partial charge >= 0.3 is 20.6 Å². The highest BCUT2D eigenvalue weighted by Crippen LogP contribution is 2.49. The van der Waals surface area contributed by atoms with Crippen molar-refractivity contribution in [3.05, 3.63) is 34.7 Å². The minimum atomic E-state index is -4.20. The molecule has 0 amide bonds. The molecule has 2 aromatic carbocycles. The van der Waals surface area contributed by atoms with E-state index in [1.54, 1.807) is 12.1 Å². The van der Waals surface area contributed by atoms with Crippen LogP contribution in [0.2, 0.25) is 0 Å². The summed E-state index contributed by atoms with van der Waals surface area (Å²) in [5, 5.41) is 13.7. The third-order valence-corrected chi connectivity index (χ3v) is 6.83. The van der Waals surface area contributed by atoms with E-state index in [2.05, 4.69) is 0 Å². The Morgan fingerprint density at radius 2 is 1.80 bits per heavy atom. The molecule has 0 saturated heterocycles. The van der Waals surface area contributed by atoms with Crippen molar-refractivity contribution < 1.29 is 29.9 Å². The van der Waals surface area contributed by atoms with E-state index in [9.17, 15) is 16.8 Å². The average Bonchev–Trinajstić information content (AvgIpc) is 2.94. The van der Waals surface area contributed by atoms with Crippen molar-refractivity contribution >= 4 is 43.0 Å². The minimum Gasteiger partial charge on any atom is -0.493 e. The highest BCUT2D eigenvalue weighted by molar-refractivity contribution is 7.84. The number of benzene rings is 2. The van der Waals surface area contributed by atoms with Crippen LogP contribution >= 0.6 is 0 Å². The normalized spacial score (nSPS) is 23.6. The number of methoxy groups -OCH3 is 1. The van der Waals surface area contributed by atoms with Crippen molar-refractivity contribution in [3.63, 3.8) is 0 Å². The van der Waals surface area contributed by atoms with Crippen LogP contribution in [-0.4, -0.2) is 30.0 Å². The quantitative estimate of drug-likeness (QED) is 0.653. The summed E-state index contributed by atoms with van der Waals surface area (Å²) in [7, 11) is -6.84. The predicted octanol–water partition coefficient (Wildman–Crippen LogP) is 0.154. The van der Waals surface area contributed by atoms with Gasteiger partial charge in [-0.05, 0) is 52.6 Å². The molecular weight excluding hydrogens is 432 g/mol. The minimum absolute atomic E-state index is 0.00299. The first-order chi connectivity index (χ1) is 13.9. The van der Waals surface area contributed by atoms with Gasteiger partial charge in [0.25, 0.3) is 0 Å². The summed E-state index contributed by atoms with van der Waals surface area (Å²) >= 11 is 0. The molecule has 0 aromatic heterocycles. The van der Waals surface area contributed by atoms with Crippen molar-refractivity contribution in [3.8, 4) is 11.5 Å². The van der Waals surface area contributed by atoms with E-state index in [0.29, 0.717) is 19.3 Å². The summed E-state index contributed by atoms with van der Waals surface area (Å²) in [4.78, 5) is 0. The lowest BCUT2D eigenvalue weighted by Crippen LogP contribution is -2.41. The lowest BCUT2D eigenvalue weighted by atomic mass is 9.75. The van der Waals surface area contributed by atoms with Gasteiger partial charge in [0.15, 0.2) is 11.5 Å². The fourth-order valence-electron chi connectivity index (χ4n) is 4.59. The number of hydrogen-bond acceptors (Lipinski definition) is 7. The van der Waals surface area contributed by atoms with Crippen molar-refractivity contribution in [2.24, 2.45) is 15.7 Å². The Kier molecular flexibility index (Phi) is 4.86. The summed E-state index contributed by atoms with van der Waals surface area (Å²) in [6, 6.07) is 7.06. The fraction of sp³-hybridized carbons (Fsp3) is 0.368. The van der Waals surface area contributed by atoms with E-state index < -0.39 is 32.1 Å². The van der Waals surface area contributed by atoms with Gasteiger partial charge in [0.2, 0.25) is 0 Å². The second kappa shape index (κ2) is 6.92. The second-order valence-corrected chi connectivity index (χ2v) is 10.1. The van der Waals surface area contributed by atoms with E-state index in [1.165, 1.54) is 7.11 Å². The number of nitrogens with two attached hydrogens (primary N) is 2. The van der Waals surface area contributed by atoms with Crippen LogP contribution in [0.25, 0.3) is 22.4 Å². The van der Waals surface area contributed by atoms with Crippen LogP contribution in [0.4, 0.5) is 0 Å². The molecule has 0 bridgehead atoms. The van der Waals surface area contributed by atoms with Crippen LogP contribution in [-0.2, 0) is 24.8 Å². The number of hydrogen-bond donors (Lipinski definition) is 2. The molecule has 2 aliphatic carbocycles. The maximum atomic E-state index is 11.5. The van der Waals surface area contributed by atoms with Crippen LogP contribution in [0.1, 0.15) is 26.2 Å². The molecule has 4 rings (SSSR count). The number of fused-ring (bicyclic) bond motifs is 4. The van der Waals surface area contributed by atoms with Crippen molar-refractivity contribution in [2.45, 2.75) is 32.3 Å². The van der Waals surface area contributed by atoms with Gasteiger partial charge in [-0.15, -0.1) is 0 Å². The van der Waals surface area contributed by atoms with Gasteiger partial charge < -0.3 is 8.92 Å². The first kappa shape index (κ1) is 21.1. The number of ether oxygens (including phenoxy) is 1. The van der Waals surface area contributed by atoms with Gasteiger partial charge in [-0.25, -0.2) is 5.14 Å². The Balaban J connectivity index is 1.91. The summed E-state index contributed by atoms with van der Waals surface area (Å²) < 4.78 is 61.0. The van der Waals surface area contributed by atoms with Crippen LogP contribution in [0.3, 0.4) is 0 Å². The zero-order valence-electron chi connectivity index (χ0n) is 16.4. The van der Waals surface area contributed by atoms with Crippen LogP contribution in [0.15, 0.2) is 24.3 Å². The largest absolute Gasteiger partial charge is 0.493 e. The van der Waals surface area contributed by atoms with Crippen LogP contribution < -0.4 is 29.6 Å². The summed E-state index contributed by atoms with van der Waals surface area (Å²) in [5.41, 5.74) is 0.632. The maximum Gasteiger partial charge on any atom is 0.380 e. The highest BCUT2D eigenvalue weighted by Gasteiger charge is 2.46. The molecule has 4 N–H and O–H groups in total. The van der Waals surface area contributed by atoms with Crippen molar-refractivity contribution in [1.82, 2.24) is 0 Å². The Bertz CT molecular complexity index is 1380. The van der Waals surface area contributed by atoms with Gasteiger partial charge in [-0.2, -0.15) is 22.0 Å². The monoisotopic (exact) mass is 454 g/mol. The summed E-state index contributed by atoms with van der Waals surface area (Å²) in [6.07, 6.45) is 3.32. The van der Waals surface area contributed by atoms with Crippen molar-refractivity contribution in [1.29, 1.82) is 0 Å². The lowest BCUT2D eigenvalue weighted by Gasteiger charge is -2.33. The van der Waals surface area contributed by atoms with Gasteiger partial charge in [0.1, 0.15) is 0 Å². The SMILES string of the molecule is COc1cc2c3c(ccc2cc1OS(N)(=O)=O)=C1CC[C@H](OS(N)(=O)=O)[C@@]1(C)CC=3. The summed E-state index contributed by atoms with van der Waals surface area (Å²) in [6.45, 7) is 1.98. The summed E-state index contributed by atoms with van der Waals surface area (Å²) in [5.74, 6) is 0.238. The second-order valence-electron chi connectivity index (χ2n) is 7.75. The first-order valence-electron chi connectivity index (χ1n) is 9.19. The fourth-order valence-corrected chi connectivity index (χ4v) is 5.60. The van der Waals surface area contributed by atoms with Crippen molar-refractivity contribution in [2.75, 3.05) is 7.11 Å².